The number of nitrogens with zero attached hydrogens (tertiary/aromatic N) is 2. The Bertz CT molecular complexity index is 1020. The second-order valence-corrected chi connectivity index (χ2v) is 8.32. The monoisotopic (exact) mass is 444 g/mol. The van der Waals surface area contributed by atoms with E-state index in [0.29, 0.717) is 29.5 Å². The van der Waals surface area contributed by atoms with Crippen LogP contribution < -0.4 is 4.74 Å². The summed E-state index contributed by atoms with van der Waals surface area (Å²) in [4.78, 5) is 19.1. The summed E-state index contributed by atoms with van der Waals surface area (Å²) >= 11 is 1.35. The first-order valence-corrected chi connectivity index (χ1v) is 10.8. The van der Waals surface area contributed by atoms with E-state index < -0.39 is 0 Å². The van der Waals surface area contributed by atoms with Crippen molar-refractivity contribution >= 4 is 17.2 Å². The Morgan fingerprint density at radius 2 is 1.84 bits per heavy atom. The van der Waals surface area contributed by atoms with E-state index in [1.165, 1.54) is 35.6 Å². The molecule has 1 amide bonds. The zero-order valence-corrected chi connectivity index (χ0v) is 17.8. The first kappa shape index (κ1) is 21.4. The van der Waals surface area contributed by atoms with Gasteiger partial charge in [-0.15, -0.1) is 11.3 Å². The molecule has 1 aromatic heterocycles. The first-order valence-electron chi connectivity index (χ1n) is 9.96. The van der Waals surface area contributed by atoms with Crippen molar-refractivity contribution in [2.75, 3.05) is 13.7 Å². The minimum atomic E-state index is -0.327. The van der Waals surface area contributed by atoms with Crippen LogP contribution in [0.4, 0.5) is 8.78 Å². The second kappa shape index (κ2) is 9.53. The van der Waals surface area contributed by atoms with Gasteiger partial charge in [-0.3, -0.25) is 4.79 Å². The van der Waals surface area contributed by atoms with Gasteiger partial charge < -0.3 is 14.4 Å². The average molecular weight is 445 g/mol. The number of rotatable bonds is 6. The molecule has 3 aromatic rings. The van der Waals surface area contributed by atoms with Crippen molar-refractivity contribution in [1.29, 1.82) is 0 Å². The molecule has 0 saturated carbocycles. The van der Waals surface area contributed by atoms with Gasteiger partial charge in [0.1, 0.15) is 34.7 Å². The summed E-state index contributed by atoms with van der Waals surface area (Å²) in [7, 11) is 1.77. The van der Waals surface area contributed by atoms with E-state index in [0.717, 1.165) is 12.0 Å². The summed E-state index contributed by atoms with van der Waals surface area (Å²) in [6.45, 7) is 0.732. The molecule has 1 aliphatic heterocycles. The van der Waals surface area contributed by atoms with Crippen LogP contribution in [0.2, 0.25) is 0 Å². The van der Waals surface area contributed by atoms with Gasteiger partial charge in [0.2, 0.25) is 0 Å². The fourth-order valence-electron chi connectivity index (χ4n) is 3.54. The predicted molar refractivity (Wildman–Crippen MR) is 113 cm³/mol. The van der Waals surface area contributed by atoms with Gasteiger partial charge in [0, 0.05) is 25.1 Å². The lowest BCUT2D eigenvalue weighted by Crippen LogP contribution is -2.41. The first-order chi connectivity index (χ1) is 15.0. The molecule has 4 rings (SSSR count). The van der Waals surface area contributed by atoms with E-state index in [9.17, 15) is 13.6 Å². The highest BCUT2D eigenvalue weighted by Gasteiger charge is 2.30. The number of aromatic nitrogens is 1. The highest BCUT2D eigenvalue weighted by molar-refractivity contribution is 7.09. The molecule has 31 heavy (non-hydrogen) atoms. The zero-order valence-electron chi connectivity index (χ0n) is 17.0. The van der Waals surface area contributed by atoms with E-state index in [1.54, 1.807) is 41.6 Å². The van der Waals surface area contributed by atoms with Crippen LogP contribution in [-0.4, -0.2) is 35.5 Å². The third-order valence-corrected chi connectivity index (χ3v) is 6.14. The lowest BCUT2D eigenvalue weighted by Gasteiger charge is -2.35. The number of benzene rings is 2. The third-order valence-electron chi connectivity index (χ3n) is 5.31. The molecular weight excluding hydrogens is 422 g/mol. The fraction of sp³-hybridized carbons (Fsp3) is 0.304. The van der Waals surface area contributed by atoms with Gasteiger partial charge in [0.05, 0.1) is 6.10 Å². The fourth-order valence-corrected chi connectivity index (χ4v) is 4.22. The van der Waals surface area contributed by atoms with E-state index in [4.69, 9.17) is 9.47 Å². The van der Waals surface area contributed by atoms with Gasteiger partial charge >= 0.3 is 0 Å². The number of halogens is 2. The summed E-state index contributed by atoms with van der Waals surface area (Å²) in [5.41, 5.74) is 1.27. The maximum atomic E-state index is 13.2. The molecule has 0 N–H and O–H groups in total. The predicted octanol–water partition coefficient (Wildman–Crippen LogP) is 4.99. The molecule has 162 valence electrons. The molecule has 2 aromatic carbocycles. The molecule has 2 heterocycles. The molecule has 0 radical (unpaired) electrons. The van der Waals surface area contributed by atoms with Gasteiger partial charge in [-0.2, -0.15) is 0 Å². The molecular formula is C23H22F2N2O3S. The third kappa shape index (κ3) is 5.26. The van der Waals surface area contributed by atoms with Crippen LogP contribution >= 0.6 is 11.3 Å². The van der Waals surface area contributed by atoms with Crippen molar-refractivity contribution in [3.63, 3.8) is 0 Å². The molecule has 5 nitrogen and oxygen atoms in total. The van der Waals surface area contributed by atoms with Crippen molar-refractivity contribution in [3.05, 3.63) is 81.8 Å². The minimum absolute atomic E-state index is 0.00285. The Hall–Kier alpha value is -2.84. The number of carbonyl (C=O) groups is 1. The van der Waals surface area contributed by atoms with E-state index >= 15 is 0 Å². The smallest absolute Gasteiger partial charge is 0.273 e. The molecule has 2 unspecified atom stereocenters. The summed E-state index contributed by atoms with van der Waals surface area (Å²) in [6.07, 6.45) is 1.19. The number of hydrogen-bond acceptors (Lipinski definition) is 5. The van der Waals surface area contributed by atoms with Gasteiger partial charge in [0.15, 0.2) is 0 Å². The van der Waals surface area contributed by atoms with Crippen LogP contribution in [0.15, 0.2) is 53.9 Å². The molecule has 2 atom stereocenters. The lowest BCUT2D eigenvalue weighted by molar-refractivity contribution is -0.0198. The highest BCUT2D eigenvalue weighted by atomic mass is 32.1. The molecule has 0 spiro atoms. The summed E-state index contributed by atoms with van der Waals surface area (Å²) < 4.78 is 37.6. The topological polar surface area (TPSA) is 51.7 Å². The van der Waals surface area contributed by atoms with Gasteiger partial charge in [-0.25, -0.2) is 13.8 Å². The Morgan fingerprint density at radius 3 is 2.55 bits per heavy atom. The lowest BCUT2D eigenvalue weighted by atomic mass is 9.96. The number of carbonyl (C=O) groups excluding carboxylic acids is 1. The standard InChI is InChI=1S/C23H22F2N2O3S/c1-27(18-10-11-29-21(12-18)15-2-4-16(24)5-3-15)23(28)20-14-31-22(26-20)13-30-19-8-6-17(25)7-9-19/h2-9,14,18,21H,10-13H2,1H3. The van der Waals surface area contributed by atoms with Crippen molar-refractivity contribution in [1.82, 2.24) is 9.88 Å². The largest absolute Gasteiger partial charge is 0.486 e. The van der Waals surface area contributed by atoms with Crippen molar-refractivity contribution in [3.8, 4) is 5.75 Å². The summed E-state index contributed by atoms with van der Waals surface area (Å²) in [6, 6.07) is 12.0. The number of amides is 1. The molecule has 1 aliphatic rings. The minimum Gasteiger partial charge on any atom is -0.486 e. The van der Waals surface area contributed by atoms with Crippen LogP contribution in [0.25, 0.3) is 0 Å². The Kier molecular flexibility index (Phi) is 6.58. The number of hydrogen-bond donors (Lipinski definition) is 0. The quantitative estimate of drug-likeness (QED) is 0.537. The molecule has 0 bridgehead atoms. The van der Waals surface area contributed by atoms with Gasteiger partial charge in [-0.05, 0) is 54.8 Å². The summed E-state index contributed by atoms with van der Waals surface area (Å²) in [5.74, 6) is -0.233. The Morgan fingerprint density at radius 1 is 1.16 bits per heavy atom. The van der Waals surface area contributed by atoms with Crippen molar-refractivity contribution in [2.45, 2.75) is 31.6 Å². The van der Waals surface area contributed by atoms with E-state index in [2.05, 4.69) is 4.98 Å². The van der Waals surface area contributed by atoms with Crippen LogP contribution in [0.1, 0.15) is 40.0 Å². The van der Waals surface area contributed by atoms with Crippen LogP contribution in [0.3, 0.4) is 0 Å². The maximum absolute atomic E-state index is 13.2. The molecule has 1 fully saturated rings. The summed E-state index contributed by atoms with van der Waals surface area (Å²) in [5, 5.41) is 2.39. The SMILES string of the molecule is CN(C(=O)c1csc(COc2ccc(F)cc2)n1)C1CCOC(c2ccc(F)cc2)C1. The zero-order chi connectivity index (χ0) is 21.8. The molecule has 8 heteroatoms. The van der Waals surface area contributed by atoms with Gasteiger partial charge in [0.25, 0.3) is 5.91 Å². The highest BCUT2D eigenvalue weighted by Crippen LogP contribution is 2.31. The van der Waals surface area contributed by atoms with Gasteiger partial charge in [-0.1, -0.05) is 12.1 Å². The van der Waals surface area contributed by atoms with Crippen LogP contribution in [-0.2, 0) is 11.3 Å². The number of thiazole rings is 1. The van der Waals surface area contributed by atoms with E-state index in [1.807, 2.05) is 0 Å². The van der Waals surface area contributed by atoms with Crippen molar-refractivity contribution in [2.24, 2.45) is 0 Å². The van der Waals surface area contributed by atoms with Crippen LogP contribution in [0.5, 0.6) is 5.75 Å². The van der Waals surface area contributed by atoms with Crippen molar-refractivity contribution < 1.29 is 23.0 Å². The van der Waals surface area contributed by atoms with Crippen LogP contribution in [0, 0.1) is 11.6 Å². The molecule has 1 saturated heterocycles. The second-order valence-electron chi connectivity index (χ2n) is 7.37. The Balaban J connectivity index is 1.36. The normalized spacial score (nSPS) is 18.5. The molecule has 0 aliphatic carbocycles. The maximum Gasteiger partial charge on any atom is 0.273 e. The van der Waals surface area contributed by atoms with E-state index in [-0.39, 0.29) is 36.3 Å². The number of ether oxygens (including phenoxy) is 2. The average Bonchev–Trinajstić information content (AvgIpc) is 3.27. The Labute approximate surface area is 183 Å².